The molecule has 0 fully saturated rings. The number of fused-ring (bicyclic) bond motifs is 1. The number of ether oxygens (including phenoxy) is 4. The quantitative estimate of drug-likeness (QED) is 0.244. The average Bonchev–Trinajstić information content (AvgIpc) is 3.38. The molecule has 47 heavy (non-hydrogen) atoms. The highest BCUT2D eigenvalue weighted by atomic mass is 35.5. The molecule has 2 aromatic carbocycles. The van der Waals surface area contributed by atoms with Crippen molar-refractivity contribution in [2.24, 2.45) is 5.92 Å². The smallest absolute Gasteiger partial charge is 0.244 e. The number of carbonyl (C=O) groups is 4. The van der Waals surface area contributed by atoms with E-state index < -0.39 is 59.5 Å². The number of halogens is 1. The van der Waals surface area contributed by atoms with Crippen LogP contribution in [0.4, 0.5) is 5.82 Å². The van der Waals surface area contributed by atoms with Gasteiger partial charge >= 0.3 is 0 Å². The zero-order valence-corrected chi connectivity index (χ0v) is 26.6. The summed E-state index contributed by atoms with van der Waals surface area (Å²) in [4.78, 5) is 57.8. The third-order valence-electron chi connectivity index (χ3n) is 8.23. The van der Waals surface area contributed by atoms with E-state index in [1.165, 1.54) is 51.8 Å². The molecule has 4 N–H and O–H groups in total. The number of Topliss-reactive ketones (excluding diaryl/α,β-unsaturated/α-hetero) is 2. The normalized spacial score (nSPS) is 19.1. The Hall–Kier alpha value is -5.30. The van der Waals surface area contributed by atoms with Crippen LogP contribution in [0.5, 0.6) is 28.7 Å². The number of hydrogen-bond donors (Lipinski definition) is 4. The highest BCUT2D eigenvalue weighted by Crippen LogP contribution is 2.56. The monoisotopic (exact) mass is 665 g/mol. The molecule has 1 aliphatic carbocycles. The standard InChI is InChI=1S/C33H32ClN3O10/c1-16-11-20(39)27(31(42)33(16)32(43)28-22(45-3)14-23(46-4)29(34)30(28)47-33)18(17-8-9-19(38)21(12-17)44-2)13-25(40)36-15-26(41)37-24-7-5-6-10-35-24/h5-10,12,14,16,18,38,42H,11,13,15H2,1-4H3,(H,36,40)(H,35,37,41). The minimum atomic E-state index is -2.09. The zero-order chi connectivity index (χ0) is 34.0. The van der Waals surface area contributed by atoms with Crippen molar-refractivity contribution in [3.8, 4) is 28.7 Å². The van der Waals surface area contributed by atoms with Crippen LogP contribution >= 0.6 is 11.6 Å². The predicted octanol–water partition coefficient (Wildman–Crippen LogP) is 4.13. The first-order chi connectivity index (χ1) is 22.5. The number of anilines is 1. The maximum Gasteiger partial charge on any atom is 0.244 e. The molecule has 1 aromatic heterocycles. The van der Waals surface area contributed by atoms with Crippen molar-refractivity contribution in [1.82, 2.24) is 10.3 Å². The van der Waals surface area contributed by atoms with E-state index in [9.17, 15) is 29.4 Å². The Morgan fingerprint density at radius 3 is 2.43 bits per heavy atom. The first-order valence-electron chi connectivity index (χ1n) is 14.5. The molecule has 0 saturated carbocycles. The highest BCUT2D eigenvalue weighted by Gasteiger charge is 2.61. The van der Waals surface area contributed by atoms with E-state index >= 15 is 0 Å². The molecule has 246 valence electrons. The molecular formula is C33H32ClN3O10. The number of nitrogens with zero attached hydrogens (tertiary/aromatic N) is 1. The zero-order valence-electron chi connectivity index (χ0n) is 25.9. The molecule has 2 heterocycles. The van der Waals surface area contributed by atoms with Crippen LogP contribution in [0, 0.1) is 5.92 Å². The number of pyridine rings is 1. The van der Waals surface area contributed by atoms with E-state index in [2.05, 4.69) is 15.6 Å². The van der Waals surface area contributed by atoms with Gasteiger partial charge < -0.3 is 39.8 Å². The maximum atomic E-state index is 14.2. The second-order valence-electron chi connectivity index (χ2n) is 11.0. The lowest BCUT2D eigenvalue weighted by atomic mass is 9.69. The Morgan fingerprint density at radius 2 is 1.77 bits per heavy atom. The van der Waals surface area contributed by atoms with Gasteiger partial charge in [0.05, 0.1) is 27.9 Å². The van der Waals surface area contributed by atoms with Crippen molar-refractivity contribution in [3.63, 3.8) is 0 Å². The number of aromatic hydroxyl groups is 1. The molecular weight excluding hydrogens is 634 g/mol. The predicted molar refractivity (Wildman–Crippen MR) is 169 cm³/mol. The number of amides is 2. The first kappa shape index (κ1) is 33.1. The van der Waals surface area contributed by atoms with Gasteiger partial charge in [-0.1, -0.05) is 30.7 Å². The molecule has 0 saturated heterocycles. The van der Waals surface area contributed by atoms with Crippen LogP contribution in [-0.4, -0.2) is 72.1 Å². The summed E-state index contributed by atoms with van der Waals surface area (Å²) in [6.45, 7) is 1.16. The van der Waals surface area contributed by atoms with Crippen LogP contribution in [0.15, 0.2) is 60.0 Å². The van der Waals surface area contributed by atoms with Gasteiger partial charge in [0, 0.05) is 42.5 Å². The number of benzene rings is 2. The van der Waals surface area contributed by atoms with Gasteiger partial charge in [0.2, 0.25) is 23.2 Å². The number of allylic oxidation sites excluding steroid dienone is 1. The average molecular weight is 666 g/mol. The summed E-state index contributed by atoms with van der Waals surface area (Å²) < 4.78 is 22.2. The van der Waals surface area contributed by atoms with E-state index in [-0.39, 0.29) is 51.3 Å². The summed E-state index contributed by atoms with van der Waals surface area (Å²) in [7, 11) is 4.05. The van der Waals surface area contributed by atoms with Crippen molar-refractivity contribution >= 4 is 40.8 Å². The summed E-state index contributed by atoms with van der Waals surface area (Å²) >= 11 is 6.55. The molecule has 0 radical (unpaired) electrons. The third-order valence-corrected chi connectivity index (χ3v) is 8.59. The topological polar surface area (TPSA) is 183 Å². The van der Waals surface area contributed by atoms with E-state index in [4.69, 9.17) is 30.5 Å². The van der Waals surface area contributed by atoms with Crippen molar-refractivity contribution in [2.75, 3.05) is 33.2 Å². The fraction of sp³-hybridized carbons (Fsp3) is 0.303. The molecule has 3 aromatic rings. The largest absolute Gasteiger partial charge is 0.507 e. The van der Waals surface area contributed by atoms with Crippen LogP contribution < -0.4 is 29.6 Å². The summed E-state index contributed by atoms with van der Waals surface area (Å²) in [5.41, 5.74) is -2.09. The molecule has 13 nitrogen and oxygen atoms in total. The lowest BCUT2D eigenvalue weighted by Gasteiger charge is -2.38. The fourth-order valence-electron chi connectivity index (χ4n) is 5.90. The number of phenols is 1. The SMILES string of the molecule is COc1cc(C(CC(=O)NCC(=O)Nc2ccccn2)C2=C(O)C3(Oc4c(Cl)c(OC)cc(OC)c4C3=O)C(C)CC2=O)ccc1O. The molecule has 5 rings (SSSR count). The molecule has 3 unspecified atom stereocenters. The fourth-order valence-corrected chi connectivity index (χ4v) is 6.16. The number of aromatic nitrogens is 1. The Bertz CT molecular complexity index is 1790. The van der Waals surface area contributed by atoms with Gasteiger partial charge in [0.15, 0.2) is 28.8 Å². The van der Waals surface area contributed by atoms with Gasteiger partial charge in [-0.25, -0.2) is 4.98 Å². The first-order valence-corrected chi connectivity index (χ1v) is 14.8. The van der Waals surface area contributed by atoms with Crippen molar-refractivity contribution < 1.29 is 48.3 Å². The van der Waals surface area contributed by atoms with Gasteiger partial charge in [0.25, 0.3) is 0 Å². The second kappa shape index (κ2) is 13.2. The van der Waals surface area contributed by atoms with Crippen LogP contribution in [-0.2, 0) is 14.4 Å². The number of aliphatic hydroxyl groups is 1. The van der Waals surface area contributed by atoms with Gasteiger partial charge in [0.1, 0.15) is 27.9 Å². The molecule has 3 atom stereocenters. The number of phenolic OH excluding ortho intramolecular Hbond substituents is 1. The Morgan fingerprint density at radius 1 is 1.04 bits per heavy atom. The van der Waals surface area contributed by atoms with Gasteiger partial charge in [-0.2, -0.15) is 0 Å². The van der Waals surface area contributed by atoms with Crippen LogP contribution in [0.25, 0.3) is 0 Å². The van der Waals surface area contributed by atoms with Gasteiger partial charge in [-0.05, 0) is 29.8 Å². The number of ketones is 2. The molecule has 1 aliphatic heterocycles. The number of carbonyl (C=O) groups excluding carboxylic acids is 4. The van der Waals surface area contributed by atoms with Crippen molar-refractivity contribution in [1.29, 1.82) is 0 Å². The molecule has 1 spiro atoms. The third kappa shape index (κ3) is 5.89. The minimum Gasteiger partial charge on any atom is -0.507 e. The second-order valence-corrected chi connectivity index (χ2v) is 11.4. The molecule has 14 heteroatoms. The van der Waals surface area contributed by atoms with Crippen molar-refractivity contribution in [2.45, 2.75) is 31.3 Å². The van der Waals surface area contributed by atoms with E-state index in [1.54, 1.807) is 25.1 Å². The lowest BCUT2D eigenvalue weighted by Crippen LogP contribution is -2.53. The van der Waals surface area contributed by atoms with Crippen LogP contribution in [0.2, 0.25) is 5.02 Å². The lowest BCUT2D eigenvalue weighted by molar-refractivity contribution is -0.124. The molecule has 0 bridgehead atoms. The number of nitrogens with one attached hydrogen (secondary N) is 2. The van der Waals surface area contributed by atoms with E-state index in [0.717, 1.165) is 0 Å². The van der Waals surface area contributed by atoms with Crippen LogP contribution in [0.3, 0.4) is 0 Å². The Balaban J connectivity index is 1.56. The van der Waals surface area contributed by atoms with Crippen molar-refractivity contribution in [3.05, 3.63) is 76.1 Å². The molecule has 2 aliphatic rings. The Labute approximate surface area is 274 Å². The summed E-state index contributed by atoms with van der Waals surface area (Å²) in [5.74, 6) is -4.89. The summed E-state index contributed by atoms with van der Waals surface area (Å²) in [5, 5.41) is 27.3. The number of rotatable bonds is 10. The van der Waals surface area contributed by atoms with Gasteiger partial charge in [-0.3, -0.25) is 19.2 Å². The summed E-state index contributed by atoms with van der Waals surface area (Å²) in [6.07, 6.45) is 0.813. The maximum absolute atomic E-state index is 14.2. The number of aliphatic hydroxyl groups excluding tert-OH is 1. The summed E-state index contributed by atoms with van der Waals surface area (Å²) in [6, 6.07) is 10.5. The Kier molecular flexibility index (Phi) is 9.29. The minimum absolute atomic E-state index is 0.0323. The van der Waals surface area contributed by atoms with Gasteiger partial charge in [-0.15, -0.1) is 0 Å². The number of methoxy groups -OCH3 is 3. The van der Waals surface area contributed by atoms with E-state index in [0.29, 0.717) is 11.4 Å². The van der Waals surface area contributed by atoms with E-state index in [1.807, 2.05) is 0 Å². The highest BCUT2D eigenvalue weighted by molar-refractivity contribution is 6.35. The van der Waals surface area contributed by atoms with Crippen LogP contribution in [0.1, 0.15) is 41.6 Å². The molecule has 2 amide bonds. The number of hydrogen-bond acceptors (Lipinski definition) is 11.